The molecule has 23 heavy (non-hydrogen) atoms. The highest BCUT2D eigenvalue weighted by Crippen LogP contribution is 2.30. The van der Waals surface area contributed by atoms with Crippen LogP contribution < -0.4 is 0 Å². The molecule has 1 saturated heterocycles. The smallest absolute Gasteiger partial charge is 0.131 e. The molecule has 0 radical (unpaired) electrons. The first-order chi connectivity index (χ1) is 11.3. The quantitative estimate of drug-likeness (QED) is 0.764. The van der Waals surface area contributed by atoms with Gasteiger partial charge in [0.25, 0.3) is 0 Å². The van der Waals surface area contributed by atoms with E-state index in [2.05, 4.69) is 34.2 Å². The van der Waals surface area contributed by atoms with Gasteiger partial charge in [-0.15, -0.1) is 0 Å². The standard InChI is InChI=1S/C19H31N3O/c1-2-10-22(15-18-9-6-11-23-18)14-16-12-20-19(21-13-16)17-7-4-3-5-8-17/h12-13,17-18H,2-11,14-15H2,1H3. The van der Waals surface area contributed by atoms with E-state index >= 15 is 0 Å². The van der Waals surface area contributed by atoms with Crippen molar-refractivity contribution < 1.29 is 4.74 Å². The van der Waals surface area contributed by atoms with E-state index < -0.39 is 0 Å². The van der Waals surface area contributed by atoms with Gasteiger partial charge in [0.15, 0.2) is 0 Å². The molecule has 0 spiro atoms. The van der Waals surface area contributed by atoms with Crippen LogP contribution in [0.5, 0.6) is 0 Å². The largest absolute Gasteiger partial charge is 0.377 e. The van der Waals surface area contributed by atoms with Crippen LogP contribution in [0.1, 0.15) is 75.6 Å². The van der Waals surface area contributed by atoms with Gasteiger partial charge in [0.05, 0.1) is 6.10 Å². The van der Waals surface area contributed by atoms with Crippen molar-refractivity contribution in [3.8, 4) is 0 Å². The Morgan fingerprint density at radius 2 is 1.87 bits per heavy atom. The van der Waals surface area contributed by atoms with Crippen LogP contribution in [0, 0.1) is 0 Å². The Hall–Kier alpha value is -1.00. The highest BCUT2D eigenvalue weighted by molar-refractivity contribution is 5.08. The van der Waals surface area contributed by atoms with Crippen LogP contribution in [0.4, 0.5) is 0 Å². The van der Waals surface area contributed by atoms with Gasteiger partial charge in [0.1, 0.15) is 5.82 Å². The van der Waals surface area contributed by atoms with Gasteiger partial charge < -0.3 is 4.74 Å². The van der Waals surface area contributed by atoms with Gasteiger partial charge in [-0.1, -0.05) is 26.2 Å². The van der Waals surface area contributed by atoms with Crippen LogP contribution in [-0.2, 0) is 11.3 Å². The fourth-order valence-corrected chi connectivity index (χ4v) is 3.90. The van der Waals surface area contributed by atoms with Crippen LogP contribution in [0.25, 0.3) is 0 Å². The van der Waals surface area contributed by atoms with Gasteiger partial charge in [-0.2, -0.15) is 0 Å². The lowest BCUT2D eigenvalue weighted by atomic mass is 9.89. The summed E-state index contributed by atoms with van der Waals surface area (Å²) in [5, 5.41) is 0. The van der Waals surface area contributed by atoms with E-state index in [0.29, 0.717) is 12.0 Å². The zero-order chi connectivity index (χ0) is 15.9. The van der Waals surface area contributed by atoms with Crippen LogP contribution in [0.15, 0.2) is 12.4 Å². The average Bonchev–Trinajstić information content (AvgIpc) is 3.10. The Morgan fingerprint density at radius 1 is 1.09 bits per heavy atom. The molecule has 128 valence electrons. The summed E-state index contributed by atoms with van der Waals surface area (Å²) in [6.45, 7) is 6.27. The number of hydrogen-bond donors (Lipinski definition) is 0. The minimum atomic E-state index is 0.420. The van der Waals surface area contributed by atoms with Gasteiger partial charge in [0.2, 0.25) is 0 Å². The van der Waals surface area contributed by atoms with Crippen molar-refractivity contribution in [3.63, 3.8) is 0 Å². The van der Waals surface area contributed by atoms with E-state index in [1.165, 1.54) is 56.9 Å². The summed E-state index contributed by atoms with van der Waals surface area (Å²) >= 11 is 0. The Morgan fingerprint density at radius 3 is 2.52 bits per heavy atom. The van der Waals surface area contributed by atoms with Crippen molar-refractivity contribution in [2.75, 3.05) is 19.7 Å². The lowest BCUT2D eigenvalue weighted by Gasteiger charge is -2.25. The number of rotatable bonds is 7. The van der Waals surface area contributed by atoms with E-state index in [-0.39, 0.29) is 0 Å². The molecule has 0 N–H and O–H groups in total. The minimum absolute atomic E-state index is 0.420. The van der Waals surface area contributed by atoms with E-state index in [4.69, 9.17) is 4.74 Å². The SMILES string of the molecule is CCCN(Cc1cnc(C2CCCCC2)nc1)CC1CCCO1. The highest BCUT2D eigenvalue weighted by atomic mass is 16.5. The molecule has 2 fully saturated rings. The number of hydrogen-bond acceptors (Lipinski definition) is 4. The zero-order valence-corrected chi connectivity index (χ0v) is 14.5. The predicted molar refractivity (Wildman–Crippen MR) is 92.4 cm³/mol. The fourth-order valence-electron chi connectivity index (χ4n) is 3.90. The summed E-state index contributed by atoms with van der Waals surface area (Å²) in [6, 6.07) is 0. The second kappa shape index (κ2) is 8.74. The lowest BCUT2D eigenvalue weighted by Crippen LogP contribution is -2.32. The molecular formula is C19H31N3O. The van der Waals surface area contributed by atoms with Crippen molar-refractivity contribution in [2.24, 2.45) is 0 Å². The second-order valence-electron chi connectivity index (χ2n) is 7.15. The van der Waals surface area contributed by atoms with Crippen LogP contribution >= 0.6 is 0 Å². The second-order valence-corrected chi connectivity index (χ2v) is 7.15. The third-order valence-electron chi connectivity index (χ3n) is 5.13. The van der Waals surface area contributed by atoms with Gasteiger partial charge in [-0.25, -0.2) is 9.97 Å². The topological polar surface area (TPSA) is 38.2 Å². The Bertz CT molecular complexity index is 450. The molecule has 1 aromatic heterocycles. The first kappa shape index (κ1) is 16.8. The predicted octanol–water partition coefficient (Wildman–Crippen LogP) is 3.92. The van der Waals surface area contributed by atoms with Gasteiger partial charge in [-0.05, 0) is 38.6 Å². The van der Waals surface area contributed by atoms with Crippen molar-refractivity contribution in [1.82, 2.24) is 14.9 Å². The van der Waals surface area contributed by atoms with E-state index in [1.54, 1.807) is 0 Å². The molecular weight excluding hydrogens is 286 g/mol. The molecule has 1 saturated carbocycles. The first-order valence-electron chi connectivity index (χ1n) is 9.50. The maximum absolute atomic E-state index is 5.79. The van der Waals surface area contributed by atoms with Crippen LogP contribution in [-0.4, -0.2) is 40.7 Å². The third-order valence-corrected chi connectivity index (χ3v) is 5.13. The Balaban J connectivity index is 1.56. The molecule has 1 aromatic rings. The molecule has 0 aromatic carbocycles. The molecule has 3 rings (SSSR count). The van der Waals surface area contributed by atoms with Gasteiger partial charge >= 0.3 is 0 Å². The summed E-state index contributed by atoms with van der Waals surface area (Å²) in [4.78, 5) is 11.9. The molecule has 2 heterocycles. The van der Waals surface area contributed by atoms with Crippen molar-refractivity contribution in [2.45, 2.75) is 76.9 Å². The fraction of sp³-hybridized carbons (Fsp3) is 0.789. The van der Waals surface area contributed by atoms with E-state index in [0.717, 1.165) is 32.1 Å². The lowest BCUT2D eigenvalue weighted by molar-refractivity contribution is 0.0705. The van der Waals surface area contributed by atoms with Crippen LogP contribution in [0.2, 0.25) is 0 Å². The monoisotopic (exact) mass is 317 g/mol. The van der Waals surface area contributed by atoms with Gasteiger partial charge in [-0.3, -0.25) is 4.90 Å². The summed E-state index contributed by atoms with van der Waals surface area (Å²) in [6.07, 6.45) is 14.7. The third kappa shape index (κ3) is 4.98. The van der Waals surface area contributed by atoms with E-state index in [9.17, 15) is 0 Å². The molecule has 1 unspecified atom stereocenters. The molecule has 2 aliphatic rings. The molecule has 0 bridgehead atoms. The summed E-state index contributed by atoms with van der Waals surface area (Å²) in [7, 11) is 0. The number of aromatic nitrogens is 2. The van der Waals surface area contributed by atoms with Crippen molar-refractivity contribution in [3.05, 3.63) is 23.8 Å². The molecule has 1 atom stereocenters. The summed E-state index contributed by atoms with van der Waals surface area (Å²) < 4.78 is 5.79. The molecule has 4 nitrogen and oxygen atoms in total. The average molecular weight is 317 g/mol. The normalized spacial score (nSPS) is 22.8. The molecule has 1 aliphatic carbocycles. The van der Waals surface area contributed by atoms with Crippen molar-refractivity contribution >= 4 is 0 Å². The zero-order valence-electron chi connectivity index (χ0n) is 14.5. The molecule has 0 amide bonds. The minimum Gasteiger partial charge on any atom is -0.377 e. The van der Waals surface area contributed by atoms with Gasteiger partial charge in [0, 0.05) is 43.6 Å². The maximum Gasteiger partial charge on any atom is 0.131 e. The first-order valence-corrected chi connectivity index (χ1v) is 9.50. The maximum atomic E-state index is 5.79. The number of nitrogens with zero attached hydrogens (tertiary/aromatic N) is 3. The van der Waals surface area contributed by atoms with E-state index in [1.807, 2.05) is 0 Å². The van der Waals surface area contributed by atoms with Crippen LogP contribution in [0.3, 0.4) is 0 Å². The molecule has 1 aliphatic heterocycles. The highest BCUT2D eigenvalue weighted by Gasteiger charge is 2.20. The Kier molecular flexibility index (Phi) is 6.40. The summed E-state index contributed by atoms with van der Waals surface area (Å²) in [5.74, 6) is 1.66. The number of ether oxygens (including phenoxy) is 1. The Labute approximate surface area is 140 Å². The summed E-state index contributed by atoms with van der Waals surface area (Å²) in [5.41, 5.74) is 1.23. The van der Waals surface area contributed by atoms with Crippen molar-refractivity contribution in [1.29, 1.82) is 0 Å². The molecule has 4 heteroatoms.